The number of hydrogen-bond donors (Lipinski definition) is 2. The Labute approximate surface area is 95.7 Å². The number of nitrogens with two attached hydrogens (primary N) is 2. The maximum absolute atomic E-state index is 5.57. The van der Waals surface area contributed by atoms with Crippen molar-refractivity contribution < 1.29 is 0 Å². The normalized spacial score (nSPS) is 19.6. The minimum absolute atomic E-state index is 0.224. The minimum atomic E-state index is 0.224. The molecule has 88 valence electrons. The van der Waals surface area contributed by atoms with Gasteiger partial charge in [-0.1, -0.05) is 26.2 Å². The van der Waals surface area contributed by atoms with E-state index in [9.17, 15) is 0 Å². The van der Waals surface area contributed by atoms with Crippen molar-refractivity contribution in [2.75, 3.05) is 11.5 Å². The second kappa shape index (κ2) is 4.23. The summed E-state index contributed by atoms with van der Waals surface area (Å²) in [6, 6.07) is 0. The Balaban J connectivity index is 2.13. The average molecular weight is 221 g/mol. The lowest BCUT2D eigenvalue weighted by atomic mass is 9.73. The summed E-state index contributed by atoms with van der Waals surface area (Å²) in [5, 5.41) is 0. The third-order valence-electron chi connectivity index (χ3n) is 3.36. The molecule has 1 aromatic heterocycles. The van der Waals surface area contributed by atoms with Gasteiger partial charge < -0.3 is 11.5 Å². The maximum Gasteiger partial charge on any atom is 0.225 e. The van der Waals surface area contributed by atoms with E-state index in [0.29, 0.717) is 5.41 Å². The summed E-state index contributed by atoms with van der Waals surface area (Å²) in [7, 11) is 0. The second-order valence-corrected chi connectivity index (χ2v) is 5.02. The van der Waals surface area contributed by atoms with Crippen LogP contribution in [0.4, 0.5) is 11.9 Å². The number of rotatable bonds is 2. The Bertz CT molecular complexity index is 350. The van der Waals surface area contributed by atoms with E-state index in [2.05, 4.69) is 21.9 Å². The zero-order valence-corrected chi connectivity index (χ0v) is 9.74. The molecule has 16 heavy (non-hydrogen) atoms. The Morgan fingerprint density at radius 1 is 1.00 bits per heavy atom. The van der Waals surface area contributed by atoms with Crippen LogP contribution in [0.3, 0.4) is 0 Å². The van der Waals surface area contributed by atoms with Crippen LogP contribution in [0.25, 0.3) is 0 Å². The van der Waals surface area contributed by atoms with Crippen LogP contribution in [-0.2, 0) is 6.42 Å². The molecular formula is C11H19N5. The number of aromatic nitrogens is 3. The lowest BCUT2D eigenvalue weighted by Gasteiger charge is -2.32. The summed E-state index contributed by atoms with van der Waals surface area (Å²) >= 11 is 0. The Morgan fingerprint density at radius 3 is 2.12 bits per heavy atom. The van der Waals surface area contributed by atoms with Crippen molar-refractivity contribution in [3.8, 4) is 0 Å². The summed E-state index contributed by atoms with van der Waals surface area (Å²) in [4.78, 5) is 12.1. The number of nitrogen functional groups attached to an aromatic ring is 2. The molecule has 1 saturated carbocycles. The second-order valence-electron chi connectivity index (χ2n) is 5.02. The summed E-state index contributed by atoms with van der Waals surface area (Å²) in [5.41, 5.74) is 11.4. The van der Waals surface area contributed by atoms with Crippen LogP contribution in [0.15, 0.2) is 0 Å². The van der Waals surface area contributed by atoms with Gasteiger partial charge in [0.1, 0.15) is 5.82 Å². The first-order valence-corrected chi connectivity index (χ1v) is 5.83. The molecule has 0 aromatic carbocycles. The molecule has 4 N–H and O–H groups in total. The van der Waals surface area contributed by atoms with E-state index in [-0.39, 0.29) is 11.9 Å². The number of nitrogens with zero attached hydrogens (tertiary/aromatic N) is 3. The van der Waals surface area contributed by atoms with Gasteiger partial charge in [-0.05, 0) is 18.3 Å². The van der Waals surface area contributed by atoms with Gasteiger partial charge in [0.2, 0.25) is 11.9 Å². The highest BCUT2D eigenvalue weighted by molar-refractivity contribution is 5.26. The van der Waals surface area contributed by atoms with Crippen molar-refractivity contribution in [2.45, 2.75) is 45.4 Å². The molecule has 0 bridgehead atoms. The van der Waals surface area contributed by atoms with Crippen LogP contribution in [0.1, 0.15) is 44.9 Å². The van der Waals surface area contributed by atoms with Gasteiger partial charge in [0.25, 0.3) is 0 Å². The molecule has 0 aliphatic heterocycles. The third kappa shape index (κ3) is 2.59. The van der Waals surface area contributed by atoms with Crippen LogP contribution in [0, 0.1) is 5.41 Å². The molecule has 5 heteroatoms. The van der Waals surface area contributed by atoms with Crippen molar-refractivity contribution in [1.29, 1.82) is 0 Å². The molecule has 5 nitrogen and oxygen atoms in total. The maximum atomic E-state index is 5.57. The molecule has 1 fully saturated rings. The van der Waals surface area contributed by atoms with Gasteiger partial charge in [-0.15, -0.1) is 0 Å². The first-order chi connectivity index (χ1) is 7.57. The van der Waals surface area contributed by atoms with E-state index < -0.39 is 0 Å². The predicted octanol–water partition coefficient (Wildman–Crippen LogP) is 1.55. The highest BCUT2D eigenvalue weighted by atomic mass is 15.1. The van der Waals surface area contributed by atoms with E-state index in [4.69, 9.17) is 11.5 Å². The number of anilines is 2. The van der Waals surface area contributed by atoms with Crippen molar-refractivity contribution in [3.05, 3.63) is 5.82 Å². The summed E-state index contributed by atoms with van der Waals surface area (Å²) in [6.45, 7) is 2.29. The zero-order chi connectivity index (χ0) is 11.6. The fourth-order valence-electron chi connectivity index (χ4n) is 2.50. The lowest BCUT2D eigenvalue weighted by Crippen LogP contribution is -2.24. The molecule has 0 amide bonds. The molecule has 2 rings (SSSR count). The monoisotopic (exact) mass is 221 g/mol. The van der Waals surface area contributed by atoms with E-state index >= 15 is 0 Å². The molecule has 0 atom stereocenters. The first kappa shape index (κ1) is 11.1. The fraction of sp³-hybridized carbons (Fsp3) is 0.727. The van der Waals surface area contributed by atoms with E-state index in [1.165, 1.54) is 32.1 Å². The SMILES string of the molecule is CC1(Cc2nc(N)nc(N)n2)CCCCC1. The van der Waals surface area contributed by atoms with Gasteiger partial charge in [0.15, 0.2) is 0 Å². The largest absolute Gasteiger partial charge is 0.368 e. The summed E-state index contributed by atoms with van der Waals surface area (Å²) in [5.74, 6) is 1.18. The Hall–Kier alpha value is -1.39. The first-order valence-electron chi connectivity index (χ1n) is 5.83. The standard InChI is InChI=1S/C11H19N5/c1-11(5-3-2-4-6-11)7-8-14-9(12)16-10(13)15-8/h2-7H2,1H3,(H4,12,13,14,15,16). The number of hydrogen-bond acceptors (Lipinski definition) is 5. The zero-order valence-electron chi connectivity index (χ0n) is 9.74. The van der Waals surface area contributed by atoms with E-state index in [0.717, 1.165) is 12.2 Å². The minimum Gasteiger partial charge on any atom is -0.368 e. The molecule has 1 aliphatic carbocycles. The predicted molar refractivity (Wildman–Crippen MR) is 63.5 cm³/mol. The fourth-order valence-corrected chi connectivity index (χ4v) is 2.50. The molecule has 1 heterocycles. The van der Waals surface area contributed by atoms with Crippen LogP contribution >= 0.6 is 0 Å². The van der Waals surface area contributed by atoms with Gasteiger partial charge in [0, 0.05) is 6.42 Å². The van der Waals surface area contributed by atoms with Crippen LogP contribution in [-0.4, -0.2) is 15.0 Å². The quantitative estimate of drug-likeness (QED) is 0.790. The lowest BCUT2D eigenvalue weighted by molar-refractivity contribution is 0.211. The Kier molecular flexibility index (Phi) is 2.94. The average Bonchev–Trinajstić information content (AvgIpc) is 2.15. The highest BCUT2D eigenvalue weighted by Crippen LogP contribution is 2.38. The van der Waals surface area contributed by atoms with Crippen LogP contribution in [0.5, 0.6) is 0 Å². The van der Waals surface area contributed by atoms with Gasteiger partial charge in [-0.25, -0.2) is 0 Å². The Morgan fingerprint density at radius 2 is 1.56 bits per heavy atom. The topological polar surface area (TPSA) is 90.7 Å². The smallest absolute Gasteiger partial charge is 0.225 e. The molecule has 0 spiro atoms. The van der Waals surface area contributed by atoms with E-state index in [1.54, 1.807) is 0 Å². The van der Waals surface area contributed by atoms with Crippen molar-refractivity contribution in [2.24, 2.45) is 5.41 Å². The molecule has 0 radical (unpaired) electrons. The summed E-state index contributed by atoms with van der Waals surface area (Å²) in [6.07, 6.45) is 7.26. The molecule has 0 saturated heterocycles. The van der Waals surface area contributed by atoms with Crippen molar-refractivity contribution in [1.82, 2.24) is 15.0 Å². The van der Waals surface area contributed by atoms with Crippen molar-refractivity contribution in [3.63, 3.8) is 0 Å². The van der Waals surface area contributed by atoms with Crippen LogP contribution < -0.4 is 11.5 Å². The molecular weight excluding hydrogens is 202 g/mol. The highest BCUT2D eigenvalue weighted by Gasteiger charge is 2.28. The molecule has 1 aromatic rings. The van der Waals surface area contributed by atoms with Gasteiger partial charge in [-0.2, -0.15) is 15.0 Å². The molecule has 0 unspecified atom stereocenters. The summed E-state index contributed by atoms with van der Waals surface area (Å²) < 4.78 is 0. The van der Waals surface area contributed by atoms with Gasteiger partial charge >= 0.3 is 0 Å². The van der Waals surface area contributed by atoms with Gasteiger partial charge in [0.05, 0.1) is 0 Å². The van der Waals surface area contributed by atoms with Crippen molar-refractivity contribution >= 4 is 11.9 Å². The van der Waals surface area contributed by atoms with Gasteiger partial charge in [-0.3, -0.25) is 0 Å². The molecule has 1 aliphatic rings. The van der Waals surface area contributed by atoms with Crippen LogP contribution in [0.2, 0.25) is 0 Å². The van der Waals surface area contributed by atoms with E-state index in [1.807, 2.05) is 0 Å². The third-order valence-corrected chi connectivity index (χ3v) is 3.36.